The molecule has 1 N–H and O–H groups in total. The number of nitrogens with zero attached hydrogens (tertiary/aromatic N) is 2. The molecule has 2 rings (SSSR count). The minimum atomic E-state index is 0.548. The number of aliphatic imine (C=N–C) groups is 1. The van der Waals surface area contributed by atoms with Gasteiger partial charge in [-0.05, 0) is 54.8 Å². The number of rotatable bonds is 4. The summed E-state index contributed by atoms with van der Waals surface area (Å²) in [6, 6.07) is 14.7. The van der Waals surface area contributed by atoms with Gasteiger partial charge in [-0.15, -0.1) is 0 Å². The van der Waals surface area contributed by atoms with Crippen LogP contribution in [-0.2, 0) is 0 Å². The Labute approximate surface area is 133 Å². The molecule has 5 nitrogen and oxygen atoms in total. The molecule has 0 amide bonds. The fraction of sp³-hybridized carbons (Fsp3) is 0.125. The molecule has 0 aromatic heterocycles. The second-order valence-electron chi connectivity index (χ2n) is 4.13. The summed E-state index contributed by atoms with van der Waals surface area (Å²) in [5.74, 6) is 2.22. The number of amidine groups is 1. The van der Waals surface area contributed by atoms with Crippen LogP contribution in [0.5, 0.6) is 17.2 Å². The quantitative estimate of drug-likeness (QED) is 0.401. The number of nitrogens with one attached hydrogen (secondary N) is 1. The summed E-state index contributed by atoms with van der Waals surface area (Å²) in [5, 5.41) is 11.7. The maximum absolute atomic E-state index is 8.61. The van der Waals surface area contributed by atoms with Gasteiger partial charge in [0.15, 0.2) is 11.4 Å². The highest BCUT2D eigenvalue weighted by molar-refractivity contribution is 8.13. The van der Waals surface area contributed by atoms with Crippen molar-refractivity contribution in [3.63, 3.8) is 0 Å². The molecule has 0 fully saturated rings. The first-order chi connectivity index (χ1) is 10.7. The van der Waals surface area contributed by atoms with Crippen molar-refractivity contribution in [3.05, 3.63) is 48.5 Å². The highest BCUT2D eigenvalue weighted by Crippen LogP contribution is 2.25. The molecule has 0 saturated carbocycles. The topological polar surface area (TPSA) is 66.6 Å². The average Bonchev–Trinajstić information content (AvgIpc) is 2.57. The average molecular weight is 313 g/mol. The first-order valence-corrected chi connectivity index (χ1v) is 7.67. The Balaban J connectivity index is 2.06. The molecular formula is C16H15N3O2S. The van der Waals surface area contributed by atoms with Crippen molar-refractivity contribution in [2.45, 2.75) is 0 Å². The minimum absolute atomic E-state index is 0.548. The zero-order valence-corrected chi connectivity index (χ0v) is 13.1. The second kappa shape index (κ2) is 7.96. The van der Waals surface area contributed by atoms with E-state index in [1.165, 1.54) is 11.8 Å². The summed E-state index contributed by atoms with van der Waals surface area (Å²) >= 11 is 1.37. The highest BCUT2D eigenvalue weighted by atomic mass is 32.2. The van der Waals surface area contributed by atoms with Crippen LogP contribution in [0.4, 0.5) is 5.69 Å². The van der Waals surface area contributed by atoms with Crippen molar-refractivity contribution in [1.82, 2.24) is 5.32 Å². The number of nitriles is 1. The lowest BCUT2D eigenvalue weighted by Gasteiger charge is -2.07. The Morgan fingerprint density at radius 1 is 1.05 bits per heavy atom. The van der Waals surface area contributed by atoms with Crippen LogP contribution in [0.1, 0.15) is 0 Å². The van der Waals surface area contributed by atoms with Gasteiger partial charge in [0, 0.05) is 0 Å². The summed E-state index contributed by atoms with van der Waals surface area (Å²) in [5.41, 5.74) is 0.745. The molecular weight excluding hydrogens is 298 g/mol. The van der Waals surface area contributed by atoms with Gasteiger partial charge < -0.3 is 9.47 Å². The molecule has 22 heavy (non-hydrogen) atoms. The van der Waals surface area contributed by atoms with Crippen LogP contribution < -0.4 is 14.8 Å². The van der Waals surface area contributed by atoms with Gasteiger partial charge >= 0.3 is 0 Å². The van der Waals surface area contributed by atoms with Gasteiger partial charge in [-0.1, -0.05) is 11.8 Å². The van der Waals surface area contributed by atoms with E-state index in [1.54, 1.807) is 7.11 Å². The number of hydrogen-bond donors (Lipinski definition) is 1. The molecule has 2 aromatic carbocycles. The van der Waals surface area contributed by atoms with Crippen LogP contribution in [-0.4, -0.2) is 18.5 Å². The SMILES string of the molecule is COc1ccc(Oc2ccc(N=C(NC#N)SC)cc2)cc1. The Morgan fingerprint density at radius 2 is 1.59 bits per heavy atom. The molecule has 0 bridgehead atoms. The first-order valence-electron chi connectivity index (χ1n) is 6.45. The van der Waals surface area contributed by atoms with E-state index in [2.05, 4.69) is 10.3 Å². The second-order valence-corrected chi connectivity index (χ2v) is 4.92. The lowest BCUT2D eigenvalue weighted by Crippen LogP contribution is -2.12. The van der Waals surface area contributed by atoms with E-state index >= 15 is 0 Å². The molecule has 2 aromatic rings. The Kier molecular flexibility index (Phi) is 5.69. The van der Waals surface area contributed by atoms with E-state index in [4.69, 9.17) is 14.7 Å². The van der Waals surface area contributed by atoms with Gasteiger partial charge in [0.1, 0.15) is 17.2 Å². The predicted octanol–water partition coefficient (Wildman–Crippen LogP) is 3.91. The smallest absolute Gasteiger partial charge is 0.183 e. The van der Waals surface area contributed by atoms with E-state index in [0.717, 1.165) is 17.2 Å². The van der Waals surface area contributed by atoms with Crippen molar-refractivity contribution in [1.29, 1.82) is 5.26 Å². The van der Waals surface area contributed by atoms with Crippen molar-refractivity contribution in [2.75, 3.05) is 13.4 Å². The van der Waals surface area contributed by atoms with E-state index in [-0.39, 0.29) is 0 Å². The summed E-state index contributed by atoms with van der Waals surface area (Å²) in [6.07, 6.45) is 3.71. The molecule has 0 atom stereocenters. The molecule has 0 aliphatic heterocycles. The number of benzene rings is 2. The van der Waals surface area contributed by atoms with E-state index < -0.39 is 0 Å². The fourth-order valence-electron chi connectivity index (χ4n) is 1.66. The number of ether oxygens (including phenoxy) is 2. The Bertz CT molecular complexity index is 676. The largest absolute Gasteiger partial charge is 0.497 e. The van der Waals surface area contributed by atoms with Crippen molar-refractivity contribution in [2.24, 2.45) is 4.99 Å². The van der Waals surface area contributed by atoms with Crippen molar-refractivity contribution in [3.8, 4) is 23.4 Å². The maximum atomic E-state index is 8.61. The van der Waals surface area contributed by atoms with Gasteiger partial charge in [0.05, 0.1) is 12.8 Å². The summed E-state index contributed by atoms with van der Waals surface area (Å²) in [7, 11) is 1.62. The van der Waals surface area contributed by atoms with Gasteiger partial charge in [-0.2, -0.15) is 5.26 Å². The number of methoxy groups -OCH3 is 1. The summed E-state index contributed by atoms with van der Waals surface area (Å²) in [6.45, 7) is 0. The van der Waals surface area contributed by atoms with Crippen LogP contribution in [0.2, 0.25) is 0 Å². The summed E-state index contributed by atoms with van der Waals surface area (Å²) in [4.78, 5) is 4.31. The van der Waals surface area contributed by atoms with Crippen LogP contribution in [0, 0.1) is 11.5 Å². The third-order valence-electron chi connectivity index (χ3n) is 2.72. The zero-order chi connectivity index (χ0) is 15.8. The van der Waals surface area contributed by atoms with Crippen LogP contribution in [0.25, 0.3) is 0 Å². The molecule has 112 valence electrons. The molecule has 0 radical (unpaired) electrons. The van der Waals surface area contributed by atoms with Crippen LogP contribution in [0.15, 0.2) is 53.5 Å². The lowest BCUT2D eigenvalue weighted by atomic mass is 10.3. The van der Waals surface area contributed by atoms with Gasteiger partial charge in [0.2, 0.25) is 0 Å². The molecule has 0 heterocycles. The monoisotopic (exact) mass is 313 g/mol. The number of hydrogen-bond acceptors (Lipinski definition) is 5. The lowest BCUT2D eigenvalue weighted by molar-refractivity contribution is 0.413. The molecule has 0 aliphatic rings. The van der Waals surface area contributed by atoms with E-state index in [9.17, 15) is 0 Å². The van der Waals surface area contributed by atoms with E-state index in [1.807, 2.05) is 61.0 Å². The molecule has 6 heteroatoms. The van der Waals surface area contributed by atoms with Gasteiger partial charge in [-0.3, -0.25) is 5.32 Å². The Hall–Kier alpha value is -2.65. The van der Waals surface area contributed by atoms with E-state index in [0.29, 0.717) is 10.9 Å². The predicted molar refractivity (Wildman–Crippen MR) is 88.9 cm³/mol. The first kappa shape index (κ1) is 15.7. The molecule has 0 aliphatic carbocycles. The van der Waals surface area contributed by atoms with Crippen LogP contribution >= 0.6 is 11.8 Å². The van der Waals surface area contributed by atoms with Crippen molar-refractivity contribution < 1.29 is 9.47 Å². The fourth-order valence-corrected chi connectivity index (χ4v) is 2.00. The highest BCUT2D eigenvalue weighted by Gasteiger charge is 2.00. The minimum Gasteiger partial charge on any atom is -0.497 e. The van der Waals surface area contributed by atoms with Crippen LogP contribution in [0.3, 0.4) is 0 Å². The van der Waals surface area contributed by atoms with Gasteiger partial charge in [0.25, 0.3) is 0 Å². The normalized spacial score (nSPS) is 10.7. The summed E-state index contributed by atoms with van der Waals surface area (Å²) < 4.78 is 10.8. The zero-order valence-electron chi connectivity index (χ0n) is 12.2. The number of thioether (sulfide) groups is 1. The van der Waals surface area contributed by atoms with Crippen molar-refractivity contribution >= 4 is 22.6 Å². The van der Waals surface area contributed by atoms with Gasteiger partial charge in [-0.25, -0.2) is 4.99 Å². The maximum Gasteiger partial charge on any atom is 0.183 e. The molecule has 0 spiro atoms. The third-order valence-corrected chi connectivity index (χ3v) is 3.30. The third kappa shape index (κ3) is 4.43. The standard InChI is InChI=1S/C16H15N3O2S/c1-20-13-7-9-15(10-8-13)21-14-5-3-12(4-6-14)19-16(22-2)18-11-17/h3-10H,1-2H3,(H,18,19). The molecule has 0 unspecified atom stereocenters. The Morgan fingerprint density at radius 3 is 2.09 bits per heavy atom. The molecule has 0 saturated heterocycles.